The molecule has 1 saturated heterocycles. The van der Waals surface area contributed by atoms with E-state index in [2.05, 4.69) is 15.5 Å². The monoisotopic (exact) mass is 349 g/mol. The Labute approximate surface area is 145 Å². The van der Waals surface area contributed by atoms with E-state index in [1.807, 2.05) is 24.3 Å². The van der Waals surface area contributed by atoms with Crippen molar-refractivity contribution in [1.29, 1.82) is 0 Å². The first kappa shape index (κ1) is 16.0. The molecular formula is C17H17Cl2N3O. The van der Waals surface area contributed by atoms with Crippen LogP contribution in [0.3, 0.4) is 0 Å². The van der Waals surface area contributed by atoms with Crippen molar-refractivity contribution >= 4 is 46.3 Å². The van der Waals surface area contributed by atoms with Crippen LogP contribution >= 0.6 is 23.2 Å². The molecule has 0 aliphatic carbocycles. The molecule has 0 aromatic heterocycles. The Kier molecular flexibility index (Phi) is 4.94. The van der Waals surface area contributed by atoms with Crippen molar-refractivity contribution in [2.24, 2.45) is 0 Å². The molecule has 2 amide bonds. The third-order valence-electron chi connectivity index (χ3n) is 3.72. The van der Waals surface area contributed by atoms with E-state index in [4.69, 9.17) is 23.2 Å². The molecule has 2 aromatic rings. The Balaban J connectivity index is 1.61. The average Bonchev–Trinajstić information content (AvgIpc) is 3.01. The number of halogens is 2. The lowest BCUT2D eigenvalue weighted by molar-refractivity contribution is 0.262. The maximum atomic E-state index is 12.0. The average molecular weight is 350 g/mol. The van der Waals surface area contributed by atoms with E-state index in [0.29, 0.717) is 15.7 Å². The first-order valence-corrected chi connectivity index (χ1v) is 8.25. The van der Waals surface area contributed by atoms with Crippen molar-refractivity contribution in [3.05, 3.63) is 52.5 Å². The lowest BCUT2D eigenvalue weighted by atomic mass is 10.2. The second kappa shape index (κ2) is 7.11. The largest absolute Gasteiger partial charge is 0.372 e. The van der Waals surface area contributed by atoms with Crippen LogP contribution in [0, 0.1) is 0 Å². The highest BCUT2D eigenvalue weighted by Gasteiger charge is 2.12. The van der Waals surface area contributed by atoms with Gasteiger partial charge in [-0.15, -0.1) is 0 Å². The van der Waals surface area contributed by atoms with Crippen LogP contribution in [0.1, 0.15) is 12.8 Å². The summed E-state index contributed by atoms with van der Waals surface area (Å²) in [7, 11) is 0. The third-order valence-corrected chi connectivity index (χ3v) is 4.15. The van der Waals surface area contributed by atoms with Gasteiger partial charge in [-0.2, -0.15) is 0 Å². The fourth-order valence-corrected chi connectivity index (χ4v) is 3.18. The van der Waals surface area contributed by atoms with Crippen LogP contribution in [0.2, 0.25) is 10.0 Å². The molecule has 0 spiro atoms. The number of hydrogen-bond donors (Lipinski definition) is 2. The summed E-state index contributed by atoms with van der Waals surface area (Å²) >= 11 is 11.8. The zero-order valence-corrected chi connectivity index (χ0v) is 14.0. The van der Waals surface area contributed by atoms with Gasteiger partial charge in [0.2, 0.25) is 0 Å². The number of nitrogens with one attached hydrogen (secondary N) is 2. The second-order valence-corrected chi connectivity index (χ2v) is 6.35. The van der Waals surface area contributed by atoms with E-state index in [9.17, 15) is 4.79 Å². The van der Waals surface area contributed by atoms with Crippen LogP contribution in [0.15, 0.2) is 42.5 Å². The Hall–Kier alpha value is -1.91. The molecule has 0 saturated carbocycles. The van der Waals surface area contributed by atoms with Crippen LogP contribution in [0.25, 0.3) is 0 Å². The summed E-state index contributed by atoms with van der Waals surface area (Å²) in [5, 5.41) is 6.45. The first-order valence-electron chi connectivity index (χ1n) is 7.49. The summed E-state index contributed by atoms with van der Waals surface area (Å²) in [5.41, 5.74) is 2.47. The van der Waals surface area contributed by atoms with Gasteiger partial charge in [0.15, 0.2) is 0 Å². The Morgan fingerprint density at radius 1 is 0.870 bits per heavy atom. The number of urea groups is 1. The van der Waals surface area contributed by atoms with Crippen LogP contribution in [0.5, 0.6) is 0 Å². The molecule has 1 aliphatic heterocycles. The maximum Gasteiger partial charge on any atom is 0.323 e. The van der Waals surface area contributed by atoms with Gasteiger partial charge >= 0.3 is 6.03 Å². The summed E-state index contributed by atoms with van der Waals surface area (Å²) in [5.74, 6) is 0. The predicted octanol–water partition coefficient (Wildman–Crippen LogP) is 5.24. The number of carbonyl (C=O) groups is 1. The molecule has 6 heteroatoms. The quantitative estimate of drug-likeness (QED) is 0.795. The summed E-state index contributed by atoms with van der Waals surface area (Å²) in [6.07, 6.45) is 2.48. The molecule has 2 aromatic carbocycles. The van der Waals surface area contributed by atoms with Gasteiger partial charge in [0.25, 0.3) is 0 Å². The highest BCUT2D eigenvalue weighted by atomic mass is 35.5. The maximum absolute atomic E-state index is 12.0. The lowest BCUT2D eigenvalue weighted by Gasteiger charge is -2.17. The van der Waals surface area contributed by atoms with Gasteiger partial charge in [-0.05, 0) is 55.3 Å². The van der Waals surface area contributed by atoms with Crippen molar-refractivity contribution in [3.63, 3.8) is 0 Å². The highest BCUT2D eigenvalue weighted by Crippen LogP contribution is 2.24. The number of anilines is 3. The fraction of sp³-hybridized carbons (Fsp3) is 0.235. The molecule has 1 heterocycles. The molecule has 1 aliphatic rings. The Morgan fingerprint density at radius 2 is 1.43 bits per heavy atom. The number of amides is 2. The number of benzene rings is 2. The van der Waals surface area contributed by atoms with Crippen molar-refractivity contribution in [3.8, 4) is 0 Å². The topological polar surface area (TPSA) is 44.4 Å². The minimum Gasteiger partial charge on any atom is -0.372 e. The number of nitrogens with zero attached hydrogens (tertiary/aromatic N) is 1. The molecule has 23 heavy (non-hydrogen) atoms. The van der Waals surface area contributed by atoms with Crippen LogP contribution in [-0.4, -0.2) is 19.1 Å². The summed E-state index contributed by atoms with van der Waals surface area (Å²) in [4.78, 5) is 14.4. The molecule has 1 fully saturated rings. The van der Waals surface area contributed by atoms with Crippen LogP contribution < -0.4 is 15.5 Å². The molecule has 2 N–H and O–H groups in total. The van der Waals surface area contributed by atoms with E-state index >= 15 is 0 Å². The van der Waals surface area contributed by atoms with Gasteiger partial charge in [0.1, 0.15) is 0 Å². The van der Waals surface area contributed by atoms with Gasteiger partial charge in [-0.3, -0.25) is 0 Å². The zero-order valence-electron chi connectivity index (χ0n) is 12.5. The molecule has 0 atom stereocenters. The van der Waals surface area contributed by atoms with Gasteiger partial charge in [0, 0.05) is 40.2 Å². The second-order valence-electron chi connectivity index (χ2n) is 5.48. The van der Waals surface area contributed by atoms with Crippen LogP contribution in [0.4, 0.5) is 21.9 Å². The molecule has 4 nitrogen and oxygen atoms in total. The predicted molar refractivity (Wildman–Crippen MR) is 97.0 cm³/mol. The molecule has 120 valence electrons. The van der Waals surface area contributed by atoms with E-state index in [0.717, 1.165) is 18.8 Å². The Morgan fingerprint density at radius 3 is 2.04 bits per heavy atom. The minimum atomic E-state index is -0.336. The normalized spacial score (nSPS) is 13.9. The SMILES string of the molecule is O=C(Nc1ccc(N2CCCC2)cc1)Nc1cc(Cl)cc(Cl)c1. The van der Waals surface area contributed by atoms with Gasteiger partial charge < -0.3 is 15.5 Å². The fourth-order valence-electron chi connectivity index (χ4n) is 2.65. The summed E-state index contributed by atoms with van der Waals surface area (Å²) < 4.78 is 0. The van der Waals surface area contributed by atoms with Crippen molar-refractivity contribution < 1.29 is 4.79 Å². The number of rotatable bonds is 3. The van der Waals surface area contributed by atoms with E-state index in [1.54, 1.807) is 18.2 Å². The first-order chi connectivity index (χ1) is 11.1. The third kappa shape index (κ3) is 4.30. The standard InChI is InChI=1S/C17H17Cl2N3O/c18-12-9-13(19)11-15(10-12)21-17(23)20-14-3-5-16(6-4-14)22-7-1-2-8-22/h3-6,9-11H,1-2,7-8H2,(H2,20,21,23). The van der Waals surface area contributed by atoms with Gasteiger partial charge in [-0.25, -0.2) is 4.79 Å². The smallest absolute Gasteiger partial charge is 0.323 e. The van der Waals surface area contributed by atoms with E-state index in [1.165, 1.54) is 18.5 Å². The van der Waals surface area contributed by atoms with Gasteiger partial charge in [0.05, 0.1) is 0 Å². The van der Waals surface area contributed by atoms with Crippen LogP contribution in [-0.2, 0) is 0 Å². The van der Waals surface area contributed by atoms with Gasteiger partial charge in [-0.1, -0.05) is 23.2 Å². The Bertz CT molecular complexity index is 677. The van der Waals surface area contributed by atoms with E-state index in [-0.39, 0.29) is 6.03 Å². The lowest BCUT2D eigenvalue weighted by Crippen LogP contribution is -2.20. The highest BCUT2D eigenvalue weighted by molar-refractivity contribution is 6.35. The molecule has 0 bridgehead atoms. The summed E-state index contributed by atoms with van der Waals surface area (Å²) in [6, 6.07) is 12.4. The molecule has 0 unspecified atom stereocenters. The molecular weight excluding hydrogens is 333 g/mol. The number of hydrogen-bond acceptors (Lipinski definition) is 2. The minimum absolute atomic E-state index is 0.336. The van der Waals surface area contributed by atoms with Crippen molar-refractivity contribution in [2.75, 3.05) is 28.6 Å². The van der Waals surface area contributed by atoms with Crippen molar-refractivity contribution in [1.82, 2.24) is 0 Å². The summed E-state index contributed by atoms with van der Waals surface area (Å²) in [6.45, 7) is 2.20. The number of carbonyl (C=O) groups excluding carboxylic acids is 1. The molecule has 3 rings (SSSR count). The van der Waals surface area contributed by atoms with E-state index < -0.39 is 0 Å². The zero-order chi connectivity index (χ0) is 16.2. The molecule has 0 radical (unpaired) electrons. The van der Waals surface area contributed by atoms with Crippen molar-refractivity contribution in [2.45, 2.75) is 12.8 Å².